The molecule has 0 aliphatic heterocycles. The molecule has 6 aromatic carbocycles. The Kier molecular flexibility index (Phi) is 12.3. The number of rotatable bonds is 17. The van der Waals surface area contributed by atoms with E-state index in [0.29, 0.717) is 17.2 Å². The SMILES string of the molecule is COc1cccc(CCc2cccc(Oc3cc(CCc4cccc(OC)c4)cc(Oc4cccc(CCc5cccc(OC)c5)c4)c3OC)c2)c1. The monoisotopic (exact) mass is 694 g/mol. The fraction of sp³-hybridized carbons (Fsp3) is 0.217. The largest absolute Gasteiger partial charge is 0.497 e. The Morgan fingerprint density at radius 3 is 0.904 bits per heavy atom. The van der Waals surface area contributed by atoms with E-state index in [4.69, 9.17) is 28.4 Å². The first-order valence-electron chi connectivity index (χ1n) is 17.6. The van der Waals surface area contributed by atoms with Gasteiger partial charge in [0.25, 0.3) is 0 Å². The molecule has 0 aliphatic carbocycles. The van der Waals surface area contributed by atoms with Gasteiger partial charge in [-0.25, -0.2) is 0 Å². The van der Waals surface area contributed by atoms with Gasteiger partial charge in [0.1, 0.15) is 28.7 Å². The molecule has 0 radical (unpaired) electrons. The maximum Gasteiger partial charge on any atom is 0.204 e. The lowest BCUT2D eigenvalue weighted by Gasteiger charge is -2.18. The standard InChI is InChI=1S/C46H46O6/c1-47-39-15-5-10-33(26-39)20-22-36-13-8-18-42(29-36)51-44-31-38(25-24-35-12-7-17-41(28-35)49-3)32-45(46(44)50-4)52-43-19-9-14-37(30-43)23-21-34-11-6-16-40(27-34)48-2/h5-19,26-32H,20-25H2,1-4H3. The van der Waals surface area contributed by atoms with E-state index < -0.39 is 0 Å². The van der Waals surface area contributed by atoms with Crippen LogP contribution in [-0.2, 0) is 38.5 Å². The molecule has 6 aromatic rings. The lowest BCUT2D eigenvalue weighted by atomic mass is 10.0. The van der Waals surface area contributed by atoms with Crippen LogP contribution in [0.25, 0.3) is 0 Å². The average Bonchev–Trinajstić information content (AvgIpc) is 3.19. The van der Waals surface area contributed by atoms with Gasteiger partial charge in [-0.15, -0.1) is 0 Å². The van der Waals surface area contributed by atoms with Gasteiger partial charge in [-0.2, -0.15) is 0 Å². The Morgan fingerprint density at radius 1 is 0.308 bits per heavy atom. The van der Waals surface area contributed by atoms with Crippen molar-refractivity contribution in [2.45, 2.75) is 38.5 Å². The quantitative estimate of drug-likeness (QED) is 0.0947. The van der Waals surface area contributed by atoms with Crippen molar-refractivity contribution >= 4 is 0 Å². The van der Waals surface area contributed by atoms with Crippen LogP contribution in [0.4, 0.5) is 0 Å². The zero-order chi connectivity index (χ0) is 36.1. The van der Waals surface area contributed by atoms with E-state index >= 15 is 0 Å². The molecule has 0 atom stereocenters. The van der Waals surface area contributed by atoms with E-state index in [1.807, 2.05) is 60.7 Å². The van der Waals surface area contributed by atoms with Crippen LogP contribution < -0.4 is 28.4 Å². The number of hydrogen-bond acceptors (Lipinski definition) is 6. The van der Waals surface area contributed by atoms with E-state index in [-0.39, 0.29) is 0 Å². The Bertz CT molecular complexity index is 1950. The molecular formula is C46H46O6. The Morgan fingerprint density at radius 2 is 0.596 bits per heavy atom. The predicted octanol–water partition coefficient (Wildman–Crippen LogP) is 10.7. The molecule has 6 heteroatoms. The van der Waals surface area contributed by atoms with Gasteiger partial charge in [0.2, 0.25) is 5.75 Å². The van der Waals surface area contributed by atoms with Crippen LogP contribution in [0.15, 0.2) is 133 Å². The van der Waals surface area contributed by atoms with Gasteiger partial charge in [-0.3, -0.25) is 0 Å². The third kappa shape index (κ3) is 9.88. The molecule has 6 nitrogen and oxygen atoms in total. The molecule has 52 heavy (non-hydrogen) atoms. The summed E-state index contributed by atoms with van der Waals surface area (Å²) in [4.78, 5) is 0. The van der Waals surface area contributed by atoms with Gasteiger partial charge in [-0.05, 0) is 145 Å². The van der Waals surface area contributed by atoms with Crippen LogP contribution in [0.3, 0.4) is 0 Å². The summed E-state index contributed by atoms with van der Waals surface area (Å²) in [6.45, 7) is 0. The molecule has 0 spiro atoms. The predicted molar refractivity (Wildman–Crippen MR) is 207 cm³/mol. The third-order valence-corrected chi connectivity index (χ3v) is 9.05. The molecule has 0 unspecified atom stereocenters. The highest BCUT2D eigenvalue weighted by molar-refractivity contribution is 5.57. The first-order chi connectivity index (χ1) is 25.5. The smallest absolute Gasteiger partial charge is 0.204 e. The normalized spacial score (nSPS) is 10.8. The fourth-order valence-electron chi connectivity index (χ4n) is 6.26. The van der Waals surface area contributed by atoms with Crippen molar-refractivity contribution in [2.24, 2.45) is 0 Å². The molecular weight excluding hydrogens is 649 g/mol. The van der Waals surface area contributed by atoms with Gasteiger partial charge < -0.3 is 28.4 Å². The van der Waals surface area contributed by atoms with Crippen LogP contribution in [0.5, 0.6) is 46.0 Å². The second kappa shape index (κ2) is 17.9. The maximum atomic E-state index is 6.61. The second-order valence-corrected chi connectivity index (χ2v) is 12.7. The topological polar surface area (TPSA) is 55.4 Å². The lowest BCUT2D eigenvalue weighted by molar-refractivity contribution is 0.352. The van der Waals surface area contributed by atoms with Crippen molar-refractivity contribution in [2.75, 3.05) is 28.4 Å². The number of hydrogen-bond donors (Lipinski definition) is 0. The molecule has 0 aromatic heterocycles. The number of benzene rings is 6. The minimum atomic E-state index is 0.536. The molecule has 0 bridgehead atoms. The van der Waals surface area contributed by atoms with Crippen LogP contribution >= 0.6 is 0 Å². The lowest BCUT2D eigenvalue weighted by Crippen LogP contribution is -1.99. The highest BCUT2D eigenvalue weighted by Crippen LogP contribution is 2.43. The maximum absolute atomic E-state index is 6.61. The third-order valence-electron chi connectivity index (χ3n) is 9.05. The van der Waals surface area contributed by atoms with Crippen LogP contribution in [0.1, 0.15) is 33.4 Å². The van der Waals surface area contributed by atoms with Crippen LogP contribution in [-0.4, -0.2) is 28.4 Å². The first kappa shape index (κ1) is 35.9. The molecule has 0 N–H and O–H groups in total. The van der Waals surface area contributed by atoms with Crippen molar-refractivity contribution in [3.63, 3.8) is 0 Å². The van der Waals surface area contributed by atoms with Gasteiger partial charge in [0.15, 0.2) is 11.5 Å². The molecule has 0 fully saturated rings. The number of aryl methyl sites for hydroxylation is 6. The summed E-state index contributed by atoms with van der Waals surface area (Å²) in [6, 6.07) is 45.2. The summed E-state index contributed by atoms with van der Waals surface area (Å²) in [5.74, 6) is 5.77. The first-order valence-corrected chi connectivity index (χ1v) is 17.6. The Labute approximate surface area is 307 Å². The zero-order valence-corrected chi connectivity index (χ0v) is 30.4. The van der Waals surface area contributed by atoms with E-state index in [9.17, 15) is 0 Å². The molecule has 0 saturated heterocycles. The fourth-order valence-corrected chi connectivity index (χ4v) is 6.26. The van der Waals surface area contributed by atoms with Crippen molar-refractivity contribution < 1.29 is 28.4 Å². The molecule has 266 valence electrons. The molecule has 6 rings (SSSR count). The number of methoxy groups -OCH3 is 4. The zero-order valence-electron chi connectivity index (χ0n) is 30.4. The highest BCUT2D eigenvalue weighted by atomic mass is 16.5. The van der Waals surface area contributed by atoms with Gasteiger partial charge >= 0.3 is 0 Å². The van der Waals surface area contributed by atoms with E-state index in [0.717, 1.165) is 72.8 Å². The Hall–Kier alpha value is -5.88. The van der Waals surface area contributed by atoms with Gasteiger partial charge in [0.05, 0.1) is 28.4 Å². The Balaban J connectivity index is 1.25. The molecule has 0 saturated carbocycles. The van der Waals surface area contributed by atoms with Gasteiger partial charge in [-0.1, -0.05) is 60.7 Å². The summed E-state index contributed by atoms with van der Waals surface area (Å²) in [5.41, 5.74) is 7.06. The minimum absolute atomic E-state index is 0.536. The van der Waals surface area contributed by atoms with E-state index in [1.165, 1.54) is 27.8 Å². The molecule has 0 aliphatic rings. The van der Waals surface area contributed by atoms with Crippen molar-refractivity contribution in [1.82, 2.24) is 0 Å². The second-order valence-electron chi connectivity index (χ2n) is 12.7. The van der Waals surface area contributed by atoms with Crippen molar-refractivity contribution in [3.05, 3.63) is 167 Å². The summed E-state index contributed by atoms with van der Waals surface area (Å²) in [7, 11) is 6.74. The summed E-state index contributed by atoms with van der Waals surface area (Å²) in [5, 5.41) is 0. The van der Waals surface area contributed by atoms with Crippen LogP contribution in [0.2, 0.25) is 0 Å². The van der Waals surface area contributed by atoms with Crippen molar-refractivity contribution in [1.29, 1.82) is 0 Å². The summed E-state index contributed by atoms with van der Waals surface area (Å²) < 4.78 is 35.5. The number of ether oxygens (including phenoxy) is 6. The molecule has 0 amide bonds. The summed E-state index contributed by atoms with van der Waals surface area (Å²) >= 11 is 0. The average molecular weight is 695 g/mol. The highest BCUT2D eigenvalue weighted by Gasteiger charge is 2.17. The molecule has 0 heterocycles. The van der Waals surface area contributed by atoms with Gasteiger partial charge in [0, 0.05) is 0 Å². The van der Waals surface area contributed by atoms with E-state index in [2.05, 4.69) is 72.8 Å². The van der Waals surface area contributed by atoms with E-state index in [1.54, 1.807) is 28.4 Å². The van der Waals surface area contributed by atoms with Crippen molar-refractivity contribution in [3.8, 4) is 46.0 Å². The minimum Gasteiger partial charge on any atom is -0.497 e. The summed E-state index contributed by atoms with van der Waals surface area (Å²) in [6.07, 6.45) is 5.10. The van der Waals surface area contributed by atoms with Crippen LogP contribution in [0, 0.1) is 0 Å².